The first kappa shape index (κ1) is 68.9. The predicted molar refractivity (Wildman–Crippen MR) is 528 cm³/mol. The third-order valence-electron chi connectivity index (χ3n) is 26.6. The molecule has 0 spiro atoms. The standard InChI is InChI=1S/C57H69B34N3O/c58-19-2(1-3(20(59)38(19)77)55-92-56(17-34(73)47(86)51(90)48(87)35(17)74)94-57(93-55)18-36(75)49(88)52(91)50(89)37(18)76)4-22(61)39(78)32(71)15-16-33(72)40(79)31(70)14(54(16)95-53(4)15)13-21(60)5-6(23(62)30(13)69)8-10(27(66)44(83)42(81)25(8)64)12-11(28(67)45(84)46(85)29(12)68)9-7(5)24(63)41(80)43(82)26(9)65/h1H,58-91H2. The molecule has 0 fully saturated rings. The van der Waals surface area contributed by atoms with Gasteiger partial charge in [-0.05, 0) is 61.7 Å². The van der Waals surface area contributed by atoms with Crippen LogP contribution in [0.2, 0.25) is 0 Å². The van der Waals surface area contributed by atoms with Gasteiger partial charge in [0.05, 0.1) is 0 Å². The number of nitrogens with zero attached hydrogens (tertiary/aromatic N) is 3. The second kappa shape index (κ2) is 23.9. The molecule has 0 amide bonds. The van der Waals surface area contributed by atoms with Crippen molar-refractivity contribution in [3.63, 3.8) is 0 Å². The molecule has 2 aromatic heterocycles. The van der Waals surface area contributed by atoms with Crippen LogP contribution in [0.5, 0.6) is 0 Å². The van der Waals surface area contributed by atoms with E-state index in [0.717, 1.165) is 44.4 Å². The molecule has 11 aromatic rings. The lowest BCUT2D eigenvalue weighted by atomic mass is 9.52. The monoisotopic (exact) mass is 1190 g/mol. The van der Waals surface area contributed by atoms with E-state index in [2.05, 4.69) is 273 Å². The Kier molecular flexibility index (Phi) is 17.3. The van der Waals surface area contributed by atoms with Gasteiger partial charge < -0.3 is 4.42 Å². The molecule has 0 atom stereocenters. The summed E-state index contributed by atoms with van der Waals surface area (Å²) in [4.78, 5) is 16.9. The van der Waals surface area contributed by atoms with E-state index < -0.39 is 0 Å². The number of aromatic nitrogens is 3. The Morgan fingerprint density at radius 2 is 0.358 bits per heavy atom. The summed E-state index contributed by atoms with van der Waals surface area (Å²) >= 11 is 0. The van der Waals surface area contributed by atoms with Crippen LogP contribution in [0.3, 0.4) is 0 Å². The minimum atomic E-state index is 0.679. The Labute approximate surface area is 596 Å². The third-order valence-corrected chi connectivity index (χ3v) is 26.6. The van der Waals surface area contributed by atoms with E-state index in [0.29, 0.717) is 17.5 Å². The molecule has 95 heavy (non-hydrogen) atoms. The Balaban J connectivity index is 1.22. The molecule has 0 saturated heterocycles. The van der Waals surface area contributed by atoms with Crippen molar-refractivity contribution in [1.29, 1.82) is 0 Å². The summed E-state index contributed by atoms with van der Waals surface area (Å²) in [5.74, 6) is 2.10. The highest BCUT2D eigenvalue weighted by Gasteiger charge is 2.36. The molecule has 0 radical (unpaired) electrons. The Morgan fingerprint density at radius 1 is 0.158 bits per heavy atom. The van der Waals surface area contributed by atoms with E-state index in [9.17, 15) is 0 Å². The second-order valence-electron chi connectivity index (χ2n) is 29.9. The van der Waals surface area contributed by atoms with Gasteiger partial charge in [-0.2, -0.15) is 0 Å². The van der Waals surface area contributed by atoms with Crippen LogP contribution in [-0.4, -0.2) is 282 Å². The summed E-state index contributed by atoms with van der Waals surface area (Å²) < 4.78 is 8.06. The summed E-state index contributed by atoms with van der Waals surface area (Å²) in [6, 6.07) is 2.40. The van der Waals surface area contributed by atoms with E-state index in [-0.39, 0.29) is 0 Å². The predicted octanol–water partition coefficient (Wildman–Crippen LogP) is -44.1. The molecule has 0 aliphatic heterocycles. The van der Waals surface area contributed by atoms with Gasteiger partial charge in [0.25, 0.3) is 0 Å². The van der Waals surface area contributed by atoms with E-state index in [4.69, 9.17) is 19.4 Å². The number of hydrogen-bond donors (Lipinski definition) is 0. The summed E-state index contributed by atoms with van der Waals surface area (Å²) in [6.07, 6.45) is 0. The van der Waals surface area contributed by atoms with Gasteiger partial charge in [-0.1, -0.05) is 115 Å². The van der Waals surface area contributed by atoms with Gasteiger partial charge >= 0.3 is 0 Å². The molecule has 420 valence electrons. The first-order chi connectivity index (χ1) is 44.4. The number of benzene rings is 9. The SMILES string of the molecule is Bc1c(-c2nc(-c3c(B)c(B)c(B)c(B)c3B)nc(-c3c(B)c(B)c(B)c(B)c3B)n2)cc(-c2c(B)c(B)c(B)c3c2oc2c(-c4c(B)c(B)c5c(c4B)-c4c(B)c(B)c(B)c(B)c4-c4c(B)c(B)c(B)c(B)c4-c4c(B)c(B)c(B)c(B)c4-5)c(B)c(B)c(B)c23)c(B)c1B. The molecule has 2 heterocycles. The van der Waals surface area contributed by atoms with Crippen molar-refractivity contribution < 1.29 is 4.42 Å². The van der Waals surface area contributed by atoms with Crippen LogP contribution < -0.4 is 186 Å². The maximum absolute atomic E-state index is 8.06. The fraction of sp³-hybridized carbons (Fsp3) is 0. The minimum Gasteiger partial charge on any atom is -0.455 e. The van der Waals surface area contributed by atoms with E-state index in [1.165, 1.54) is 247 Å². The molecule has 0 bridgehead atoms. The van der Waals surface area contributed by atoms with Crippen LogP contribution in [-0.2, 0) is 0 Å². The number of furan rings is 1. The van der Waals surface area contributed by atoms with Crippen molar-refractivity contribution in [2.45, 2.75) is 0 Å². The van der Waals surface area contributed by atoms with Crippen LogP contribution in [0.15, 0.2) is 10.5 Å². The summed E-state index contributed by atoms with van der Waals surface area (Å²) in [5, 5.41) is 2.39. The van der Waals surface area contributed by atoms with Gasteiger partial charge in [0, 0.05) is 38.6 Å². The van der Waals surface area contributed by atoms with Crippen molar-refractivity contribution in [2.75, 3.05) is 0 Å². The van der Waals surface area contributed by atoms with E-state index >= 15 is 0 Å². The van der Waals surface area contributed by atoms with Crippen molar-refractivity contribution >= 4 is 474 Å². The normalized spacial score (nSPS) is 11.7. The zero-order valence-electron chi connectivity index (χ0n) is 64.3. The first-order valence-corrected chi connectivity index (χ1v) is 34.8. The van der Waals surface area contributed by atoms with Crippen LogP contribution in [0, 0.1) is 0 Å². The van der Waals surface area contributed by atoms with Gasteiger partial charge in [0.2, 0.25) is 0 Å². The van der Waals surface area contributed by atoms with Gasteiger partial charge in [-0.3, -0.25) is 0 Å². The molecule has 12 rings (SSSR count). The molecular weight excluding hydrogens is 1110 g/mol. The van der Waals surface area contributed by atoms with Gasteiger partial charge in [0.1, 0.15) is 278 Å². The zero-order valence-corrected chi connectivity index (χ0v) is 64.3. The van der Waals surface area contributed by atoms with E-state index in [1.807, 2.05) is 0 Å². The maximum atomic E-state index is 8.06. The van der Waals surface area contributed by atoms with Gasteiger partial charge in [-0.25, -0.2) is 15.0 Å². The summed E-state index contributed by atoms with van der Waals surface area (Å²) in [5.41, 5.74) is 64.8. The van der Waals surface area contributed by atoms with Crippen LogP contribution in [0.25, 0.3) is 123 Å². The average molecular weight is 1180 g/mol. The molecule has 1 aliphatic carbocycles. The first-order valence-electron chi connectivity index (χ1n) is 34.8. The number of fused-ring (bicyclic) bond motifs is 11. The molecule has 1 aliphatic rings. The molecule has 0 unspecified atom stereocenters. The van der Waals surface area contributed by atoms with Gasteiger partial charge in [-0.15, -0.1) is 71.0 Å². The lowest BCUT2D eigenvalue weighted by Gasteiger charge is -2.37. The van der Waals surface area contributed by atoms with Crippen LogP contribution in [0.4, 0.5) is 0 Å². The highest BCUT2D eigenvalue weighted by molar-refractivity contribution is 6.76. The van der Waals surface area contributed by atoms with E-state index in [1.54, 1.807) is 0 Å². The molecule has 38 heteroatoms. The smallest absolute Gasteiger partial charge is 0.163 e. The lowest BCUT2D eigenvalue weighted by Crippen LogP contribution is -2.55. The minimum absolute atomic E-state index is 0.679. The average Bonchev–Trinajstić information content (AvgIpc) is 1.45. The number of rotatable bonds is 5. The molecule has 9 aromatic carbocycles. The van der Waals surface area contributed by atoms with Crippen molar-refractivity contribution in [2.24, 2.45) is 0 Å². The fourth-order valence-corrected chi connectivity index (χ4v) is 17.7. The Bertz CT molecular complexity index is 5330. The van der Waals surface area contributed by atoms with Crippen molar-refractivity contribution in [1.82, 2.24) is 15.0 Å². The highest BCUT2D eigenvalue weighted by Crippen LogP contribution is 2.44. The Morgan fingerprint density at radius 3 is 0.684 bits per heavy atom. The highest BCUT2D eigenvalue weighted by atomic mass is 16.3. The van der Waals surface area contributed by atoms with Crippen LogP contribution in [0.1, 0.15) is 0 Å². The lowest BCUT2D eigenvalue weighted by molar-refractivity contribution is 0.672. The van der Waals surface area contributed by atoms with Gasteiger partial charge in [0.15, 0.2) is 17.5 Å². The fourth-order valence-electron chi connectivity index (χ4n) is 17.7. The molecular formula is C57H69B34N3O. The summed E-state index contributed by atoms with van der Waals surface area (Å²) in [6.45, 7) is 0. The van der Waals surface area contributed by atoms with Crippen molar-refractivity contribution in [3.8, 4) is 101 Å². The van der Waals surface area contributed by atoms with Crippen molar-refractivity contribution in [3.05, 3.63) is 6.07 Å². The number of hydrogen-bond acceptors (Lipinski definition) is 4. The largest absolute Gasteiger partial charge is 0.455 e. The molecule has 0 saturated carbocycles. The quantitative estimate of drug-likeness (QED) is 0.161. The molecule has 0 N–H and O–H groups in total. The maximum Gasteiger partial charge on any atom is 0.163 e. The molecule has 4 nitrogen and oxygen atoms in total. The summed E-state index contributed by atoms with van der Waals surface area (Å²) in [7, 11) is 79.2. The topological polar surface area (TPSA) is 51.8 Å². The third kappa shape index (κ3) is 9.48. The van der Waals surface area contributed by atoms with Crippen LogP contribution >= 0.6 is 0 Å². The zero-order chi connectivity index (χ0) is 69.9. The second-order valence-corrected chi connectivity index (χ2v) is 29.9. The Hall–Kier alpha value is -6.00.